The fourth-order valence-electron chi connectivity index (χ4n) is 2.87. The van der Waals surface area contributed by atoms with E-state index in [4.69, 9.17) is 9.84 Å². The van der Waals surface area contributed by atoms with E-state index in [1.807, 2.05) is 20.8 Å². The number of aromatic amines is 1. The number of carboxylic acids is 1. The summed E-state index contributed by atoms with van der Waals surface area (Å²) in [4.78, 5) is 25.0. The predicted molar refractivity (Wildman–Crippen MR) is 101 cm³/mol. The monoisotopic (exact) mass is 386 g/mol. The van der Waals surface area contributed by atoms with Crippen molar-refractivity contribution in [1.82, 2.24) is 4.98 Å². The molecule has 3 rings (SSSR count). The standard InChI is InChI=1S/C20H19FN2O5/c1-20(2,3)17-10-12-14(22-17)5-7-16(19(12)23(26)27)28-15-6-4-11(8-13(15)21)9-18(24)25/h4-8,10,22H,9H2,1-3H3,(H,24,25). The lowest BCUT2D eigenvalue weighted by Gasteiger charge is -2.15. The van der Waals surface area contributed by atoms with Gasteiger partial charge in [0.1, 0.15) is 0 Å². The van der Waals surface area contributed by atoms with Gasteiger partial charge in [-0.25, -0.2) is 4.39 Å². The Morgan fingerprint density at radius 1 is 1.21 bits per heavy atom. The van der Waals surface area contributed by atoms with Gasteiger partial charge in [-0.3, -0.25) is 14.9 Å². The summed E-state index contributed by atoms with van der Waals surface area (Å²) in [6, 6.07) is 8.47. The molecule has 28 heavy (non-hydrogen) atoms. The predicted octanol–water partition coefficient (Wildman–Crippen LogP) is 4.93. The number of aliphatic carboxylic acids is 1. The van der Waals surface area contributed by atoms with Crippen LogP contribution in [0.15, 0.2) is 36.4 Å². The van der Waals surface area contributed by atoms with E-state index >= 15 is 0 Å². The van der Waals surface area contributed by atoms with Crippen LogP contribution < -0.4 is 4.74 Å². The summed E-state index contributed by atoms with van der Waals surface area (Å²) >= 11 is 0. The van der Waals surface area contributed by atoms with Crippen LogP contribution in [0.4, 0.5) is 10.1 Å². The summed E-state index contributed by atoms with van der Waals surface area (Å²) in [5.41, 5.74) is 1.18. The van der Waals surface area contributed by atoms with Crippen LogP contribution in [-0.2, 0) is 16.6 Å². The van der Waals surface area contributed by atoms with Crippen molar-refractivity contribution in [3.63, 3.8) is 0 Å². The molecule has 0 saturated heterocycles. The largest absolute Gasteiger partial charge is 0.481 e. The Kier molecular flexibility index (Phi) is 4.80. The number of nitrogens with one attached hydrogen (secondary N) is 1. The second-order valence-electron chi connectivity index (χ2n) is 7.50. The first-order valence-corrected chi connectivity index (χ1v) is 8.55. The number of hydrogen-bond acceptors (Lipinski definition) is 4. The van der Waals surface area contributed by atoms with E-state index in [1.54, 1.807) is 12.1 Å². The third kappa shape index (κ3) is 3.80. The lowest BCUT2D eigenvalue weighted by molar-refractivity contribution is -0.383. The summed E-state index contributed by atoms with van der Waals surface area (Å²) in [5.74, 6) is -2.20. The Morgan fingerprint density at radius 2 is 1.89 bits per heavy atom. The number of carbonyl (C=O) groups is 1. The number of halogens is 1. The molecule has 0 aliphatic heterocycles. The van der Waals surface area contributed by atoms with E-state index in [0.717, 1.165) is 11.8 Å². The van der Waals surface area contributed by atoms with Gasteiger partial charge in [-0.05, 0) is 35.9 Å². The summed E-state index contributed by atoms with van der Waals surface area (Å²) in [7, 11) is 0. The number of nitro groups is 1. The smallest absolute Gasteiger partial charge is 0.320 e. The molecule has 0 atom stereocenters. The zero-order chi connectivity index (χ0) is 20.6. The van der Waals surface area contributed by atoms with Crippen LogP contribution in [0, 0.1) is 15.9 Å². The van der Waals surface area contributed by atoms with Crippen molar-refractivity contribution < 1.29 is 24.0 Å². The molecule has 0 saturated carbocycles. The zero-order valence-electron chi connectivity index (χ0n) is 15.6. The Bertz CT molecular complexity index is 1080. The highest BCUT2D eigenvalue weighted by atomic mass is 19.1. The van der Waals surface area contributed by atoms with Crippen LogP contribution in [0.3, 0.4) is 0 Å². The number of ether oxygens (including phenoxy) is 1. The SMILES string of the molecule is CC(C)(C)c1cc2c([N+](=O)[O-])c(Oc3ccc(CC(=O)O)cc3F)ccc2[nH]1. The second kappa shape index (κ2) is 6.95. The number of aromatic nitrogens is 1. The van der Waals surface area contributed by atoms with Gasteiger partial charge < -0.3 is 14.8 Å². The zero-order valence-corrected chi connectivity index (χ0v) is 15.6. The highest BCUT2D eigenvalue weighted by molar-refractivity contribution is 5.92. The minimum atomic E-state index is -1.09. The summed E-state index contributed by atoms with van der Waals surface area (Å²) in [5, 5.41) is 20.9. The van der Waals surface area contributed by atoms with Crippen molar-refractivity contribution in [1.29, 1.82) is 0 Å². The van der Waals surface area contributed by atoms with E-state index in [2.05, 4.69) is 4.98 Å². The van der Waals surface area contributed by atoms with Gasteiger partial charge in [-0.15, -0.1) is 0 Å². The molecule has 2 aromatic carbocycles. The van der Waals surface area contributed by atoms with Crippen LogP contribution in [-0.4, -0.2) is 21.0 Å². The van der Waals surface area contributed by atoms with Crippen LogP contribution >= 0.6 is 0 Å². The van der Waals surface area contributed by atoms with Crippen molar-refractivity contribution in [3.05, 3.63) is 63.6 Å². The van der Waals surface area contributed by atoms with Crippen LogP contribution in [0.2, 0.25) is 0 Å². The van der Waals surface area contributed by atoms with Crippen molar-refractivity contribution in [2.24, 2.45) is 0 Å². The summed E-state index contributed by atoms with van der Waals surface area (Å²) < 4.78 is 19.8. The number of rotatable bonds is 5. The molecule has 146 valence electrons. The Balaban J connectivity index is 2.05. The fourth-order valence-corrected chi connectivity index (χ4v) is 2.87. The Morgan fingerprint density at radius 3 is 2.46 bits per heavy atom. The van der Waals surface area contributed by atoms with Crippen LogP contribution in [0.5, 0.6) is 11.5 Å². The lowest BCUT2D eigenvalue weighted by atomic mass is 9.92. The fraction of sp³-hybridized carbons (Fsp3) is 0.250. The van der Waals surface area contributed by atoms with E-state index in [-0.39, 0.29) is 34.6 Å². The molecule has 0 fully saturated rings. The van der Waals surface area contributed by atoms with Crippen LogP contribution in [0.1, 0.15) is 32.0 Å². The number of carboxylic acid groups (broad SMARTS) is 1. The van der Waals surface area contributed by atoms with Gasteiger partial charge in [0.25, 0.3) is 0 Å². The molecule has 7 nitrogen and oxygen atoms in total. The highest BCUT2D eigenvalue weighted by Gasteiger charge is 2.25. The maximum atomic E-state index is 14.3. The first kappa shape index (κ1) is 19.3. The van der Waals surface area contributed by atoms with Crippen LogP contribution in [0.25, 0.3) is 10.9 Å². The summed E-state index contributed by atoms with van der Waals surface area (Å²) in [6.07, 6.45) is -0.331. The third-order valence-electron chi connectivity index (χ3n) is 4.30. The number of benzene rings is 2. The minimum Gasteiger partial charge on any atom is -0.481 e. The number of hydrogen-bond donors (Lipinski definition) is 2. The Hall–Kier alpha value is -3.42. The van der Waals surface area contributed by atoms with Gasteiger partial charge in [0.2, 0.25) is 5.75 Å². The topological polar surface area (TPSA) is 105 Å². The first-order chi connectivity index (χ1) is 13.1. The van der Waals surface area contributed by atoms with E-state index in [9.17, 15) is 19.3 Å². The Labute approximate surface area is 159 Å². The van der Waals surface area contributed by atoms with Crippen molar-refractivity contribution in [3.8, 4) is 11.5 Å². The molecular formula is C20H19FN2O5. The number of H-pyrrole nitrogens is 1. The average molecular weight is 386 g/mol. The average Bonchev–Trinajstić information content (AvgIpc) is 3.00. The maximum absolute atomic E-state index is 14.3. The van der Waals surface area contributed by atoms with Gasteiger partial charge in [-0.2, -0.15) is 0 Å². The molecule has 0 aliphatic carbocycles. The minimum absolute atomic E-state index is 0.0955. The molecule has 0 radical (unpaired) electrons. The molecule has 0 aliphatic rings. The molecule has 0 bridgehead atoms. The normalized spacial score (nSPS) is 11.6. The number of nitrogens with zero attached hydrogens (tertiary/aromatic N) is 1. The lowest BCUT2D eigenvalue weighted by Crippen LogP contribution is -2.10. The summed E-state index contributed by atoms with van der Waals surface area (Å²) in [6.45, 7) is 5.94. The molecule has 3 aromatic rings. The molecule has 1 aromatic heterocycles. The molecule has 0 unspecified atom stereocenters. The van der Waals surface area contributed by atoms with E-state index in [0.29, 0.717) is 10.9 Å². The van der Waals surface area contributed by atoms with Gasteiger partial charge in [0.15, 0.2) is 11.6 Å². The van der Waals surface area contributed by atoms with Gasteiger partial charge in [0.05, 0.1) is 22.2 Å². The second-order valence-corrected chi connectivity index (χ2v) is 7.50. The molecule has 2 N–H and O–H groups in total. The van der Waals surface area contributed by atoms with Crippen molar-refractivity contribution in [2.75, 3.05) is 0 Å². The van der Waals surface area contributed by atoms with Crippen molar-refractivity contribution in [2.45, 2.75) is 32.6 Å². The highest BCUT2D eigenvalue weighted by Crippen LogP contribution is 2.40. The molecule has 1 heterocycles. The molecular weight excluding hydrogens is 367 g/mol. The number of fused-ring (bicyclic) bond motifs is 1. The van der Waals surface area contributed by atoms with E-state index < -0.39 is 16.7 Å². The van der Waals surface area contributed by atoms with Crippen molar-refractivity contribution >= 4 is 22.6 Å². The molecule has 8 heteroatoms. The van der Waals surface area contributed by atoms with E-state index in [1.165, 1.54) is 18.2 Å². The molecule has 0 amide bonds. The first-order valence-electron chi connectivity index (χ1n) is 8.55. The number of nitro benzene ring substituents is 1. The molecule has 0 spiro atoms. The quantitative estimate of drug-likeness (QED) is 0.478. The van der Waals surface area contributed by atoms with Gasteiger partial charge in [0, 0.05) is 11.1 Å². The third-order valence-corrected chi connectivity index (χ3v) is 4.30. The maximum Gasteiger partial charge on any atom is 0.320 e. The van der Waals surface area contributed by atoms with Gasteiger partial charge >= 0.3 is 11.7 Å². The van der Waals surface area contributed by atoms with Gasteiger partial charge in [-0.1, -0.05) is 26.8 Å².